The van der Waals surface area contributed by atoms with E-state index < -0.39 is 17.7 Å². The molecular formula is C15H18N2O6. The van der Waals surface area contributed by atoms with Crippen LogP contribution in [0.1, 0.15) is 13.8 Å². The highest BCUT2D eigenvalue weighted by Crippen LogP contribution is 2.32. The summed E-state index contributed by atoms with van der Waals surface area (Å²) < 4.78 is 20.4. The highest BCUT2D eigenvalue weighted by Gasteiger charge is 2.38. The van der Waals surface area contributed by atoms with Crippen LogP contribution in [0.5, 0.6) is 11.5 Å². The molecule has 3 N–H and O–H groups in total. The lowest BCUT2D eigenvalue weighted by molar-refractivity contribution is -0.220. The van der Waals surface area contributed by atoms with Gasteiger partial charge in [-0.15, -0.1) is 0 Å². The predicted octanol–water partition coefficient (Wildman–Crippen LogP) is 1.77. The number of methoxy groups -OCH3 is 2. The summed E-state index contributed by atoms with van der Waals surface area (Å²) in [6.07, 6.45) is 0. The number of aliphatic hydroxyl groups is 1. The molecule has 8 heteroatoms. The van der Waals surface area contributed by atoms with Crippen LogP contribution in [0, 0.1) is 0 Å². The molecule has 0 saturated carbocycles. The minimum absolute atomic E-state index is 0.241. The van der Waals surface area contributed by atoms with Crippen molar-refractivity contribution in [3.8, 4) is 11.5 Å². The number of hydrogen-bond donors (Lipinski definition) is 2. The molecule has 8 nitrogen and oxygen atoms in total. The number of rotatable bonds is 4. The number of nitrogens with two attached hydrogens (primary N) is 1. The van der Waals surface area contributed by atoms with Gasteiger partial charge >= 0.3 is 5.97 Å². The minimum atomic E-state index is -1.27. The van der Waals surface area contributed by atoms with Gasteiger partial charge in [0.05, 0.1) is 19.9 Å². The van der Waals surface area contributed by atoms with Crippen molar-refractivity contribution < 1.29 is 28.8 Å². The molecule has 0 unspecified atom stereocenters. The molecule has 2 rings (SSSR count). The van der Waals surface area contributed by atoms with Crippen LogP contribution in [-0.4, -0.2) is 36.9 Å². The first-order chi connectivity index (χ1) is 10.8. The second kappa shape index (κ2) is 6.07. The lowest BCUT2D eigenvalue weighted by atomic mass is 10.2. The van der Waals surface area contributed by atoms with E-state index in [0.29, 0.717) is 17.2 Å². The Morgan fingerprint density at radius 1 is 1.22 bits per heavy atom. The molecule has 1 aromatic carbocycles. The van der Waals surface area contributed by atoms with E-state index >= 15 is 0 Å². The average Bonchev–Trinajstić information content (AvgIpc) is 2.44. The summed E-state index contributed by atoms with van der Waals surface area (Å²) in [6, 6.07) is 4.82. The van der Waals surface area contributed by atoms with Gasteiger partial charge in [0.25, 0.3) is 11.7 Å². The second-order valence-electron chi connectivity index (χ2n) is 5.11. The maximum Gasteiger partial charge on any atom is 0.352 e. The summed E-state index contributed by atoms with van der Waals surface area (Å²) in [7, 11) is 2.99. The molecule has 0 bridgehead atoms. The number of nitrogens with zero attached hydrogens (tertiary/aromatic N) is 1. The van der Waals surface area contributed by atoms with Gasteiger partial charge in [-0.1, -0.05) is 0 Å². The van der Waals surface area contributed by atoms with Crippen LogP contribution in [0.4, 0.5) is 5.69 Å². The van der Waals surface area contributed by atoms with E-state index in [0.717, 1.165) is 0 Å². The van der Waals surface area contributed by atoms with Crippen molar-refractivity contribution in [2.75, 3.05) is 14.2 Å². The molecule has 0 amide bonds. The second-order valence-corrected chi connectivity index (χ2v) is 5.11. The zero-order valence-corrected chi connectivity index (χ0v) is 13.2. The molecule has 1 aromatic rings. The Morgan fingerprint density at radius 2 is 1.87 bits per heavy atom. The van der Waals surface area contributed by atoms with Crippen LogP contribution in [0.2, 0.25) is 0 Å². The monoisotopic (exact) mass is 322 g/mol. The quantitative estimate of drug-likeness (QED) is 0.493. The topological polar surface area (TPSA) is 113 Å². The number of aliphatic imine (C=N–C) groups is 1. The Hall–Kier alpha value is -2.90. The summed E-state index contributed by atoms with van der Waals surface area (Å²) in [5.74, 6) is -1.99. The summed E-state index contributed by atoms with van der Waals surface area (Å²) >= 11 is 0. The molecule has 0 fully saturated rings. The first-order valence-electron chi connectivity index (χ1n) is 6.69. The zero-order chi connectivity index (χ0) is 17.2. The SMILES string of the molecule is COc1ccc(N=C(N)C2=C(O)OC(C)(C)OC2=O)cc1OC. The van der Waals surface area contributed by atoms with Crippen LogP contribution in [0.25, 0.3) is 0 Å². The molecule has 0 radical (unpaired) electrons. The predicted molar refractivity (Wildman–Crippen MR) is 81.7 cm³/mol. The van der Waals surface area contributed by atoms with Gasteiger partial charge in [0.15, 0.2) is 17.1 Å². The van der Waals surface area contributed by atoms with Gasteiger partial charge in [-0.2, -0.15) is 0 Å². The number of carbonyl (C=O) groups is 1. The van der Waals surface area contributed by atoms with Crippen LogP contribution < -0.4 is 15.2 Å². The lowest BCUT2D eigenvalue weighted by Gasteiger charge is -2.30. The molecule has 0 aliphatic carbocycles. The lowest BCUT2D eigenvalue weighted by Crippen LogP contribution is -2.40. The third-order valence-electron chi connectivity index (χ3n) is 2.97. The van der Waals surface area contributed by atoms with Crippen molar-refractivity contribution in [3.63, 3.8) is 0 Å². The van der Waals surface area contributed by atoms with Crippen molar-refractivity contribution in [3.05, 3.63) is 29.7 Å². The van der Waals surface area contributed by atoms with Crippen molar-refractivity contribution in [2.45, 2.75) is 19.6 Å². The van der Waals surface area contributed by atoms with Crippen LogP contribution in [0.15, 0.2) is 34.7 Å². The van der Waals surface area contributed by atoms with Crippen molar-refractivity contribution in [1.82, 2.24) is 0 Å². The number of cyclic esters (lactones) is 1. The number of esters is 1. The molecule has 124 valence electrons. The van der Waals surface area contributed by atoms with Gasteiger partial charge in [-0.05, 0) is 12.1 Å². The Balaban J connectivity index is 2.38. The fourth-order valence-electron chi connectivity index (χ4n) is 1.97. The zero-order valence-electron chi connectivity index (χ0n) is 13.2. The molecule has 1 aliphatic rings. The summed E-state index contributed by atoms with van der Waals surface area (Å²) in [5.41, 5.74) is 5.86. The number of amidine groups is 1. The molecule has 0 saturated heterocycles. The van der Waals surface area contributed by atoms with Crippen LogP contribution >= 0.6 is 0 Å². The largest absolute Gasteiger partial charge is 0.493 e. The molecule has 1 heterocycles. The smallest absolute Gasteiger partial charge is 0.352 e. The Bertz CT molecular complexity index is 693. The molecular weight excluding hydrogens is 304 g/mol. The molecule has 23 heavy (non-hydrogen) atoms. The van der Waals surface area contributed by atoms with Gasteiger partial charge in [0.2, 0.25) is 0 Å². The normalized spacial score (nSPS) is 17.4. The van der Waals surface area contributed by atoms with Crippen LogP contribution in [0.3, 0.4) is 0 Å². The minimum Gasteiger partial charge on any atom is -0.493 e. The van der Waals surface area contributed by atoms with Gasteiger partial charge < -0.3 is 29.8 Å². The number of benzene rings is 1. The first kappa shape index (κ1) is 16.5. The Kier molecular flexibility index (Phi) is 4.35. The van der Waals surface area contributed by atoms with Crippen molar-refractivity contribution in [2.24, 2.45) is 10.7 Å². The number of carbonyl (C=O) groups excluding carboxylic acids is 1. The molecule has 0 spiro atoms. The van der Waals surface area contributed by atoms with Crippen molar-refractivity contribution >= 4 is 17.5 Å². The molecule has 0 aromatic heterocycles. The first-order valence-corrected chi connectivity index (χ1v) is 6.69. The number of aliphatic hydroxyl groups excluding tert-OH is 1. The van der Waals surface area contributed by atoms with Crippen LogP contribution in [-0.2, 0) is 14.3 Å². The number of ether oxygens (including phenoxy) is 4. The van der Waals surface area contributed by atoms with E-state index in [4.69, 9.17) is 24.7 Å². The summed E-state index contributed by atoms with van der Waals surface area (Å²) in [4.78, 5) is 16.0. The van der Waals surface area contributed by atoms with E-state index in [9.17, 15) is 9.90 Å². The van der Waals surface area contributed by atoms with Gasteiger partial charge in [0.1, 0.15) is 5.84 Å². The van der Waals surface area contributed by atoms with E-state index in [2.05, 4.69) is 4.99 Å². The van der Waals surface area contributed by atoms with E-state index in [1.165, 1.54) is 28.1 Å². The third-order valence-corrected chi connectivity index (χ3v) is 2.97. The van der Waals surface area contributed by atoms with Crippen molar-refractivity contribution in [1.29, 1.82) is 0 Å². The fourth-order valence-corrected chi connectivity index (χ4v) is 1.97. The number of hydrogen-bond acceptors (Lipinski definition) is 7. The maximum absolute atomic E-state index is 11.9. The Morgan fingerprint density at radius 3 is 2.43 bits per heavy atom. The van der Waals surface area contributed by atoms with E-state index in [1.807, 2.05) is 0 Å². The summed E-state index contributed by atoms with van der Waals surface area (Å²) in [6.45, 7) is 2.97. The highest BCUT2D eigenvalue weighted by atomic mass is 16.8. The average molecular weight is 322 g/mol. The van der Waals surface area contributed by atoms with Gasteiger partial charge in [0, 0.05) is 19.9 Å². The Labute approximate surface area is 133 Å². The molecule has 0 atom stereocenters. The molecule has 1 aliphatic heterocycles. The summed E-state index contributed by atoms with van der Waals surface area (Å²) in [5, 5.41) is 9.86. The van der Waals surface area contributed by atoms with Gasteiger partial charge in [-0.3, -0.25) is 0 Å². The van der Waals surface area contributed by atoms with E-state index in [1.54, 1.807) is 18.2 Å². The maximum atomic E-state index is 11.9. The highest BCUT2D eigenvalue weighted by molar-refractivity contribution is 6.19. The van der Waals surface area contributed by atoms with Gasteiger partial charge in [-0.25, -0.2) is 9.79 Å². The van der Waals surface area contributed by atoms with E-state index in [-0.39, 0.29) is 11.4 Å². The standard InChI is InChI=1S/C15H18N2O6/c1-15(2)22-13(18)11(14(19)23-15)12(16)17-8-5-6-9(20-3)10(7-8)21-4/h5-7,18H,1-4H3,(H2,16,17). The third kappa shape index (κ3) is 3.47. The fraction of sp³-hybridized carbons (Fsp3) is 0.333.